The maximum absolute atomic E-state index is 12.4. The number of nitriles is 1. The first-order valence-corrected chi connectivity index (χ1v) is 8.29. The number of carbonyl (C=O) groups excluding carboxylic acids is 1. The third kappa shape index (κ3) is 4.20. The highest BCUT2D eigenvalue weighted by molar-refractivity contribution is 5.93. The number of nitrogens with one attached hydrogen (secondary N) is 1. The minimum absolute atomic E-state index is 0.0485. The van der Waals surface area contributed by atoms with E-state index in [0.717, 1.165) is 19.4 Å². The summed E-state index contributed by atoms with van der Waals surface area (Å²) in [5.74, 6) is 0.526. The Bertz CT molecular complexity index is 772. The van der Waals surface area contributed by atoms with Crippen molar-refractivity contribution in [3.05, 3.63) is 53.5 Å². The number of nitrogens with zero attached hydrogens (tertiary/aromatic N) is 1. The largest absolute Gasteiger partial charge is 0.489 e. The van der Waals surface area contributed by atoms with Crippen molar-refractivity contribution in [1.82, 2.24) is 5.32 Å². The molecule has 0 bridgehead atoms. The molecule has 1 aromatic carbocycles. The van der Waals surface area contributed by atoms with Crippen molar-refractivity contribution >= 4 is 5.91 Å². The minimum atomic E-state index is -0.280. The Kier molecular flexibility index (Phi) is 5.36. The van der Waals surface area contributed by atoms with Crippen LogP contribution in [0.5, 0.6) is 5.75 Å². The van der Waals surface area contributed by atoms with Crippen molar-refractivity contribution in [2.24, 2.45) is 0 Å². The minimum Gasteiger partial charge on any atom is -0.489 e. The molecule has 25 heavy (non-hydrogen) atoms. The van der Waals surface area contributed by atoms with E-state index < -0.39 is 0 Å². The average Bonchev–Trinajstić information content (AvgIpc) is 3.31. The molecule has 1 fully saturated rings. The molecule has 6 nitrogen and oxygen atoms in total. The Morgan fingerprint density at radius 1 is 1.48 bits per heavy atom. The van der Waals surface area contributed by atoms with E-state index in [1.807, 2.05) is 6.92 Å². The molecular formula is C19H20N2O4. The lowest BCUT2D eigenvalue weighted by Crippen LogP contribution is -2.41. The van der Waals surface area contributed by atoms with Crippen molar-refractivity contribution in [2.75, 3.05) is 6.61 Å². The topological polar surface area (TPSA) is 84.5 Å². The van der Waals surface area contributed by atoms with Crippen LogP contribution in [0.15, 0.2) is 41.0 Å². The van der Waals surface area contributed by atoms with Crippen LogP contribution < -0.4 is 10.1 Å². The maximum Gasteiger partial charge on any atom is 0.287 e. The summed E-state index contributed by atoms with van der Waals surface area (Å²) in [6, 6.07) is 10.6. The molecule has 1 amide bonds. The van der Waals surface area contributed by atoms with Crippen molar-refractivity contribution in [1.29, 1.82) is 5.26 Å². The molecule has 130 valence electrons. The van der Waals surface area contributed by atoms with Crippen molar-refractivity contribution in [3.8, 4) is 11.8 Å². The van der Waals surface area contributed by atoms with Gasteiger partial charge in [-0.3, -0.25) is 4.79 Å². The zero-order valence-corrected chi connectivity index (χ0v) is 14.0. The van der Waals surface area contributed by atoms with Gasteiger partial charge < -0.3 is 19.2 Å². The lowest BCUT2D eigenvalue weighted by atomic mass is 10.1. The molecule has 1 N–H and O–H groups in total. The summed E-state index contributed by atoms with van der Waals surface area (Å²) < 4.78 is 16.6. The number of ether oxygens (including phenoxy) is 2. The fourth-order valence-corrected chi connectivity index (χ4v) is 2.83. The van der Waals surface area contributed by atoms with E-state index in [2.05, 4.69) is 11.4 Å². The molecule has 2 heterocycles. The molecule has 0 aliphatic carbocycles. The normalized spacial score (nSPS) is 17.7. The van der Waals surface area contributed by atoms with Gasteiger partial charge in [-0.25, -0.2) is 0 Å². The Morgan fingerprint density at radius 2 is 2.36 bits per heavy atom. The molecule has 1 aliphatic rings. The second kappa shape index (κ2) is 7.86. The lowest BCUT2D eigenvalue weighted by molar-refractivity contribution is 0.0695. The van der Waals surface area contributed by atoms with Crippen LogP contribution in [-0.4, -0.2) is 24.7 Å². The van der Waals surface area contributed by atoms with Crippen LogP contribution in [0.2, 0.25) is 0 Å². The monoisotopic (exact) mass is 340 g/mol. The molecular weight excluding hydrogens is 320 g/mol. The highest BCUT2D eigenvalue weighted by atomic mass is 16.5. The van der Waals surface area contributed by atoms with Gasteiger partial charge in [0.15, 0.2) is 5.76 Å². The van der Waals surface area contributed by atoms with Gasteiger partial charge in [-0.05, 0) is 44.0 Å². The van der Waals surface area contributed by atoms with Gasteiger partial charge in [-0.1, -0.05) is 6.07 Å². The zero-order chi connectivity index (χ0) is 17.6. The molecule has 3 rings (SSSR count). The fraction of sp³-hybridized carbons (Fsp3) is 0.368. The van der Waals surface area contributed by atoms with E-state index in [1.165, 1.54) is 6.26 Å². The van der Waals surface area contributed by atoms with Gasteiger partial charge >= 0.3 is 0 Å². The van der Waals surface area contributed by atoms with Gasteiger partial charge in [-0.15, -0.1) is 0 Å². The van der Waals surface area contributed by atoms with Crippen molar-refractivity contribution in [2.45, 2.75) is 38.5 Å². The maximum atomic E-state index is 12.4. The number of rotatable bonds is 6. The van der Waals surface area contributed by atoms with E-state index in [0.29, 0.717) is 16.9 Å². The van der Waals surface area contributed by atoms with E-state index in [4.69, 9.17) is 19.2 Å². The summed E-state index contributed by atoms with van der Waals surface area (Å²) in [4.78, 5) is 12.4. The number of hydrogen-bond acceptors (Lipinski definition) is 5. The number of furan rings is 1. The molecule has 2 atom stereocenters. The molecule has 2 aromatic rings. The predicted octanol–water partition coefficient (Wildman–Crippen LogP) is 3.03. The second-order valence-corrected chi connectivity index (χ2v) is 6.02. The van der Waals surface area contributed by atoms with Gasteiger partial charge in [0.05, 0.1) is 30.0 Å². The van der Waals surface area contributed by atoms with Crippen LogP contribution >= 0.6 is 0 Å². The number of amides is 1. The highest BCUT2D eigenvalue weighted by Crippen LogP contribution is 2.19. The molecule has 0 radical (unpaired) electrons. The van der Waals surface area contributed by atoms with Gasteiger partial charge in [-0.2, -0.15) is 5.26 Å². The quantitative estimate of drug-likeness (QED) is 0.874. The van der Waals surface area contributed by atoms with Gasteiger partial charge in [0, 0.05) is 12.2 Å². The summed E-state index contributed by atoms with van der Waals surface area (Å²) in [6.07, 6.45) is 3.49. The van der Waals surface area contributed by atoms with E-state index in [-0.39, 0.29) is 30.4 Å². The Balaban J connectivity index is 1.61. The first-order valence-electron chi connectivity index (χ1n) is 8.29. The smallest absolute Gasteiger partial charge is 0.287 e. The highest BCUT2D eigenvalue weighted by Gasteiger charge is 2.25. The first kappa shape index (κ1) is 17.1. The van der Waals surface area contributed by atoms with E-state index in [9.17, 15) is 4.79 Å². The fourth-order valence-electron chi connectivity index (χ4n) is 2.83. The second-order valence-electron chi connectivity index (χ2n) is 6.02. The molecule has 0 spiro atoms. The number of hydrogen-bond donors (Lipinski definition) is 1. The van der Waals surface area contributed by atoms with Crippen LogP contribution in [0.1, 0.15) is 41.4 Å². The summed E-state index contributed by atoms with van der Waals surface area (Å²) in [5.41, 5.74) is 1.17. The standard InChI is InChI=1S/C19H20N2O4/c1-13(17-6-3-8-23-17)21-19(22)18-15(7-9-24-18)12-25-16-5-2-4-14(10-16)11-20/h2,4-5,7,9-10,13,17H,3,6,8,12H2,1H3,(H,21,22)/t13-,17-/m0/s1. The Morgan fingerprint density at radius 3 is 3.12 bits per heavy atom. The molecule has 1 aliphatic heterocycles. The van der Waals surface area contributed by atoms with E-state index >= 15 is 0 Å². The molecule has 0 saturated carbocycles. The molecule has 0 unspecified atom stereocenters. The van der Waals surface area contributed by atoms with E-state index in [1.54, 1.807) is 30.3 Å². The first-order chi connectivity index (χ1) is 12.2. The average molecular weight is 340 g/mol. The van der Waals surface area contributed by atoms with Crippen LogP contribution in [0.4, 0.5) is 0 Å². The van der Waals surface area contributed by atoms with Crippen LogP contribution in [-0.2, 0) is 11.3 Å². The SMILES string of the molecule is C[C@H](NC(=O)c1occc1COc1cccc(C#N)c1)[C@@H]1CCCO1. The van der Waals surface area contributed by atoms with Crippen LogP contribution in [0, 0.1) is 11.3 Å². The number of carbonyl (C=O) groups is 1. The summed E-state index contributed by atoms with van der Waals surface area (Å²) in [7, 11) is 0. The summed E-state index contributed by atoms with van der Waals surface area (Å²) in [5, 5.41) is 11.8. The summed E-state index contributed by atoms with van der Waals surface area (Å²) >= 11 is 0. The van der Waals surface area contributed by atoms with Gasteiger partial charge in [0.25, 0.3) is 5.91 Å². The number of benzene rings is 1. The van der Waals surface area contributed by atoms with Crippen molar-refractivity contribution < 1.29 is 18.7 Å². The zero-order valence-electron chi connectivity index (χ0n) is 14.0. The molecule has 6 heteroatoms. The van der Waals surface area contributed by atoms with Gasteiger partial charge in [0.1, 0.15) is 12.4 Å². The van der Waals surface area contributed by atoms with Crippen LogP contribution in [0.25, 0.3) is 0 Å². The third-order valence-electron chi connectivity index (χ3n) is 4.19. The Labute approximate surface area is 146 Å². The Hall–Kier alpha value is -2.78. The van der Waals surface area contributed by atoms with Crippen LogP contribution in [0.3, 0.4) is 0 Å². The lowest BCUT2D eigenvalue weighted by Gasteiger charge is -2.19. The third-order valence-corrected chi connectivity index (χ3v) is 4.19. The van der Waals surface area contributed by atoms with Crippen molar-refractivity contribution in [3.63, 3.8) is 0 Å². The van der Waals surface area contributed by atoms with Gasteiger partial charge in [0.2, 0.25) is 0 Å². The summed E-state index contributed by atoms with van der Waals surface area (Å²) in [6.45, 7) is 2.86. The predicted molar refractivity (Wildman–Crippen MR) is 90.1 cm³/mol. The molecule has 1 saturated heterocycles. The molecule has 1 aromatic heterocycles.